The zero-order valence-corrected chi connectivity index (χ0v) is 14.7. The van der Waals surface area contributed by atoms with Crippen molar-refractivity contribution in [3.05, 3.63) is 42.2 Å². The van der Waals surface area contributed by atoms with E-state index in [-0.39, 0.29) is 5.75 Å². The van der Waals surface area contributed by atoms with Gasteiger partial charge < -0.3 is 15.0 Å². The van der Waals surface area contributed by atoms with Crippen molar-refractivity contribution in [2.75, 3.05) is 24.5 Å². The lowest BCUT2D eigenvalue weighted by atomic mass is 10.1. The average molecular weight is 393 g/mol. The third-order valence-electron chi connectivity index (χ3n) is 4.70. The second-order valence-corrected chi connectivity index (χ2v) is 7.44. The molecule has 27 heavy (non-hydrogen) atoms. The number of benzene rings is 1. The van der Waals surface area contributed by atoms with Crippen molar-refractivity contribution < 1.29 is 17.9 Å². The van der Waals surface area contributed by atoms with E-state index >= 15 is 0 Å². The van der Waals surface area contributed by atoms with Gasteiger partial charge in [0, 0.05) is 31.1 Å². The van der Waals surface area contributed by atoms with E-state index in [1.54, 1.807) is 16.8 Å². The van der Waals surface area contributed by atoms with Gasteiger partial charge >= 0.3 is 6.36 Å². The number of alkyl halides is 3. The molecule has 2 aromatic heterocycles. The average Bonchev–Trinajstić information content (AvgIpc) is 3.32. The van der Waals surface area contributed by atoms with Crippen LogP contribution in [-0.2, 0) is 0 Å². The molecular formula is C17H14F3N5OS. The Kier molecular flexibility index (Phi) is 3.58. The standard InChI is InChI=1S/C17H14F3N5OS/c18-17(19,20)26-13-3-1-2-10(4-13)14-7-22-15-25(14)23-16(27-15)24-8-11-5-21-6-12(11)9-24/h1-5,7,12,21H,6,8-9H2. The summed E-state index contributed by atoms with van der Waals surface area (Å²) < 4.78 is 43.1. The number of ether oxygens (including phenoxy) is 1. The van der Waals surface area contributed by atoms with Crippen molar-refractivity contribution >= 4 is 21.4 Å². The predicted octanol–water partition coefficient (Wildman–Crippen LogP) is 3.28. The maximum atomic E-state index is 12.5. The third-order valence-corrected chi connectivity index (χ3v) is 5.68. The highest BCUT2D eigenvalue weighted by molar-refractivity contribution is 7.20. The van der Waals surface area contributed by atoms with Crippen LogP contribution in [0, 0.1) is 5.92 Å². The summed E-state index contributed by atoms with van der Waals surface area (Å²) in [7, 11) is 0. The van der Waals surface area contributed by atoms with E-state index < -0.39 is 6.36 Å². The topological polar surface area (TPSA) is 54.7 Å². The van der Waals surface area contributed by atoms with E-state index in [1.807, 2.05) is 0 Å². The number of rotatable bonds is 3. The van der Waals surface area contributed by atoms with Crippen LogP contribution in [-0.4, -0.2) is 40.6 Å². The molecule has 140 valence electrons. The molecule has 6 nitrogen and oxygen atoms in total. The van der Waals surface area contributed by atoms with Crippen LogP contribution >= 0.6 is 11.3 Å². The van der Waals surface area contributed by atoms with E-state index in [9.17, 15) is 13.2 Å². The number of fused-ring (bicyclic) bond motifs is 2. The van der Waals surface area contributed by atoms with Crippen LogP contribution < -0.4 is 15.0 Å². The van der Waals surface area contributed by atoms with Crippen molar-refractivity contribution in [1.82, 2.24) is 19.9 Å². The van der Waals surface area contributed by atoms with Gasteiger partial charge in [-0.15, -0.1) is 18.3 Å². The summed E-state index contributed by atoms with van der Waals surface area (Å²) in [5, 5.41) is 8.76. The Bertz CT molecular complexity index is 1040. The molecule has 1 fully saturated rings. The molecule has 1 atom stereocenters. The van der Waals surface area contributed by atoms with Crippen LogP contribution in [0.25, 0.3) is 16.2 Å². The highest BCUT2D eigenvalue weighted by Gasteiger charge is 2.33. The smallest absolute Gasteiger partial charge is 0.406 e. The van der Waals surface area contributed by atoms with Crippen molar-refractivity contribution in [2.45, 2.75) is 6.36 Å². The molecule has 0 spiro atoms. The molecule has 2 aliphatic rings. The molecule has 0 saturated carbocycles. The zero-order valence-electron chi connectivity index (χ0n) is 13.9. The first kappa shape index (κ1) is 16.4. The largest absolute Gasteiger partial charge is 0.573 e. The normalized spacial score (nSPS) is 19.3. The molecule has 4 heterocycles. The molecule has 0 amide bonds. The Morgan fingerprint density at radius 3 is 3.00 bits per heavy atom. The van der Waals surface area contributed by atoms with E-state index in [4.69, 9.17) is 0 Å². The molecule has 10 heteroatoms. The summed E-state index contributed by atoms with van der Waals surface area (Å²) in [6.45, 7) is 2.68. The summed E-state index contributed by atoms with van der Waals surface area (Å²) in [6, 6.07) is 5.84. The van der Waals surface area contributed by atoms with Crippen LogP contribution in [0.2, 0.25) is 0 Å². The van der Waals surface area contributed by atoms with Gasteiger partial charge in [-0.25, -0.2) is 9.50 Å². The highest BCUT2D eigenvalue weighted by Crippen LogP contribution is 2.34. The predicted molar refractivity (Wildman–Crippen MR) is 94.8 cm³/mol. The molecule has 1 aromatic carbocycles. The third kappa shape index (κ3) is 2.99. The number of hydrogen-bond donors (Lipinski definition) is 1. The Morgan fingerprint density at radius 1 is 1.30 bits per heavy atom. The van der Waals surface area contributed by atoms with Crippen LogP contribution in [0.15, 0.2) is 42.2 Å². The van der Waals surface area contributed by atoms with Crippen molar-refractivity contribution in [3.8, 4) is 17.0 Å². The van der Waals surface area contributed by atoms with E-state index in [2.05, 4.69) is 31.2 Å². The second-order valence-electron chi connectivity index (χ2n) is 6.50. The molecule has 1 N–H and O–H groups in total. The first-order chi connectivity index (χ1) is 13.0. The number of aromatic nitrogens is 3. The first-order valence-corrected chi connectivity index (χ1v) is 9.16. The molecule has 1 saturated heterocycles. The fourth-order valence-electron chi connectivity index (χ4n) is 3.49. The minimum absolute atomic E-state index is 0.266. The fraction of sp³-hybridized carbons (Fsp3) is 0.294. The highest BCUT2D eigenvalue weighted by atomic mass is 32.1. The zero-order chi connectivity index (χ0) is 18.6. The molecule has 0 radical (unpaired) electrons. The number of hydrogen-bond acceptors (Lipinski definition) is 6. The maximum Gasteiger partial charge on any atom is 0.573 e. The van der Waals surface area contributed by atoms with Gasteiger partial charge in [-0.1, -0.05) is 23.5 Å². The van der Waals surface area contributed by atoms with Gasteiger partial charge in [0.2, 0.25) is 10.1 Å². The number of anilines is 1. The molecule has 5 rings (SSSR count). The number of nitrogens with one attached hydrogen (secondary N) is 1. The maximum absolute atomic E-state index is 12.5. The quantitative estimate of drug-likeness (QED) is 0.740. The fourth-order valence-corrected chi connectivity index (χ4v) is 4.38. The number of nitrogens with zero attached hydrogens (tertiary/aromatic N) is 4. The van der Waals surface area contributed by atoms with Gasteiger partial charge in [-0.05, 0) is 23.9 Å². The Morgan fingerprint density at radius 2 is 2.19 bits per heavy atom. The van der Waals surface area contributed by atoms with Gasteiger partial charge in [0.25, 0.3) is 0 Å². The molecule has 1 unspecified atom stereocenters. The molecule has 2 aliphatic heterocycles. The number of halogens is 3. The van der Waals surface area contributed by atoms with Crippen LogP contribution in [0.1, 0.15) is 0 Å². The summed E-state index contributed by atoms with van der Waals surface area (Å²) >= 11 is 1.47. The summed E-state index contributed by atoms with van der Waals surface area (Å²) in [6.07, 6.45) is -1.04. The van der Waals surface area contributed by atoms with Crippen molar-refractivity contribution in [3.63, 3.8) is 0 Å². The van der Waals surface area contributed by atoms with Crippen LogP contribution in [0.3, 0.4) is 0 Å². The van der Waals surface area contributed by atoms with E-state index in [0.717, 1.165) is 24.8 Å². The monoisotopic (exact) mass is 393 g/mol. The minimum atomic E-state index is -4.73. The van der Waals surface area contributed by atoms with E-state index in [1.165, 1.54) is 35.1 Å². The molecule has 0 aliphatic carbocycles. The van der Waals surface area contributed by atoms with Gasteiger partial charge in [0.15, 0.2) is 0 Å². The SMILES string of the molecule is FC(F)(F)Oc1cccc(-c2cnc3sc(N4CC5=CNCC5C4)nn23)c1. The summed E-state index contributed by atoms with van der Waals surface area (Å²) in [4.78, 5) is 7.28. The first-order valence-electron chi connectivity index (χ1n) is 8.34. The lowest BCUT2D eigenvalue weighted by molar-refractivity contribution is -0.274. The Hall–Kier alpha value is -2.75. The van der Waals surface area contributed by atoms with Gasteiger partial charge in [0.1, 0.15) is 5.75 Å². The van der Waals surface area contributed by atoms with Crippen molar-refractivity contribution in [1.29, 1.82) is 0 Å². The minimum Gasteiger partial charge on any atom is -0.406 e. The summed E-state index contributed by atoms with van der Waals surface area (Å²) in [5.74, 6) is 0.245. The Labute approximate surface area is 155 Å². The second kappa shape index (κ2) is 5.88. The van der Waals surface area contributed by atoms with E-state index in [0.29, 0.717) is 22.1 Å². The number of imidazole rings is 1. The van der Waals surface area contributed by atoms with Gasteiger partial charge in [0.05, 0.1) is 11.9 Å². The summed E-state index contributed by atoms with van der Waals surface area (Å²) in [5.41, 5.74) is 2.56. The lowest BCUT2D eigenvalue weighted by Crippen LogP contribution is -2.23. The Balaban J connectivity index is 1.47. The molecule has 3 aromatic rings. The molecular weight excluding hydrogens is 379 g/mol. The van der Waals surface area contributed by atoms with Crippen LogP contribution in [0.4, 0.5) is 18.3 Å². The van der Waals surface area contributed by atoms with Gasteiger partial charge in [-0.2, -0.15) is 0 Å². The molecule has 0 bridgehead atoms. The van der Waals surface area contributed by atoms with Crippen LogP contribution in [0.5, 0.6) is 5.75 Å². The van der Waals surface area contributed by atoms with Crippen molar-refractivity contribution in [2.24, 2.45) is 5.92 Å². The lowest BCUT2D eigenvalue weighted by Gasteiger charge is -2.13. The van der Waals surface area contributed by atoms with Gasteiger partial charge in [-0.3, -0.25) is 0 Å².